The Kier molecular flexibility index (Phi) is 5.27. The van der Waals surface area contributed by atoms with E-state index in [-0.39, 0.29) is 6.04 Å². The van der Waals surface area contributed by atoms with Gasteiger partial charge in [-0.3, -0.25) is 4.90 Å². The molecule has 21 heavy (non-hydrogen) atoms. The van der Waals surface area contributed by atoms with Gasteiger partial charge in [0.2, 0.25) is 0 Å². The Morgan fingerprint density at radius 1 is 1.33 bits per heavy atom. The number of benzene rings is 1. The molecule has 0 bridgehead atoms. The van der Waals surface area contributed by atoms with E-state index in [9.17, 15) is 0 Å². The molecule has 6 nitrogen and oxygen atoms in total. The molecule has 0 saturated carbocycles. The SMILES string of the molecule is CCCn1nnnc1CN(C)C(C)c1ccccc1OC. The first kappa shape index (κ1) is 15.4. The molecule has 6 heteroatoms. The molecular formula is C15H23N5O. The third-order valence-electron chi connectivity index (χ3n) is 3.68. The van der Waals surface area contributed by atoms with E-state index >= 15 is 0 Å². The average molecular weight is 289 g/mol. The highest BCUT2D eigenvalue weighted by molar-refractivity contribution is 5.35. The van der Waals surface area contributed by atoms with Crippen molar-refractivity contribution in [3.05, 3.63) is 35.7 Å². The summed E-state index contributed by atoms with van der Waals surface area (Å²) >= 11 is 0. The lowest BCUT2D eigenvalue weighted by atomic mass is 10.1. The summed E-state index contributed by atoms with van der Waals surface area (Å²) in [5.41, 5.74) is 1.16. The number of methoxy groups -OCH3 is 1. The van der Waals surface area contributed by atoms with Crippen LogP contribution in [-0.4, -0.2) is 39.3 Å². The average Bonchev–Trinajstić information content (AvgIpc) is 2.94. The Labute approximate surface area is 125 Å². The molecule has 1 aromatic heterocycles. The second-order valence-corrected chi connectivity index (χ2v) is 5.15. The quantitative estimate of drug-likeness (QED) is 0.782. The standard InChI is InChI=1S/C15H23N5O/c1-5-10-20-15(16-17-18-20)11-19(3)12(2)13-8-6-7-9-14(13)21-4/h6-9,12H,5,10-11H2,1-4H3. The van der Waals surface area contributed by atoms with E-state index in [1.165, 1.54) is 0 Å². The van der Waals surface area contributed by atoms with Crippen LogP contribution >= 0.6 is 0 Å². The second kappa shape index (κ2) is 7.17. The van der Waals surface area contributed by atoms with Gasteiger partial charge in [0.15, 0.2) is 5.82 Å². The number of hydrogen-bond donors (Lipinski definition) is 0. The number of ether oxygens (including phenoxy) is 1. The number of rotatable bonds is 7. The van der Waals surface area contributed by atoms with Crippen LogP contribution in [0.3, 0.4) is 0 Å². The molecule has 1 atom stereocenters. The zero-order valence-electron chi connectivity index (χ0n) is 13.2. The van der Waals surface area contributed by atoms with Gasteiger partial charge in [0.1, 0.15) is 5.75 Å². The van der Waals surface area contributed by atoms with E-state index in [1.807, 2.05) is 22.9 Å². The van der Waals surface area contributed by atoms with Gasteiger partial charge in [0.05, 0.1) is 13.7 Å². The number of para-hydroxylation sites is 1. The van der Waals surface area contributed by atoms with Gasteiger partial charge in [-0.15, -0.1) is 5.10 Å². The highest BCUT2D eigenvalue weighted by atomic mass is 16.5. The summed E-state index contributed by atoms with van der Waals surface area (Å²) in [6.45, 7) is 5.82. The summed E-state index contributed by atoms with van der Waals surface area (Å²) in [5.74, 6) is 1.80. The van der Waals surface area contributed by atoms with Gasteiger partial charge in [-0.2, -0.15) is 0 Å². The van der Waals surface area contributed by atoms with Gasteiger partial charge >= 0.3 is 0 Å². The summed E-state index contributed by atoms with van der Waals surface area (Å²) < 4.78 is 7.31. The van der Waals surface area contributed by atoms with Crippen LogP contribution in [0.15, 0.2) is 24.3 Å². The van der Waals surface area contributed by atoms with E-state index in [4.69, 9.17) is 4.74 Å². The van der Waals surface area contributed by atoms with Gasteiger partial charge in [-0.1, -0.05) is 25.1 Å². The predicted molar refractivity (Wildman–Crippen MR) is 81.0 cm³/mol. The Bertz CT molecular complexity index is 569. The Morgan fingerprint density at radius 2 is 2.10 bits per heavy atom. The summed E-state index contributed by atoms with van der Waals surface area (Å²) in [6.07, 6.45) is 1.02. The van der Waals surface area contributed by atoms with E-state index in [2.05, 4.69) is 47.4 Å². The van der Waals surface area contributed by atoms with Crippen LogP contribution < -0.4 is 4.74 Å². The van der Waals surface area contributed by atoms with Gasteiger partial charge in [0.25, 0.3) is 0 Å². The Morgan fingerprint density at radius 3 is 2.81 bits per heavy atom. The Hall–Kier alpha value is -1.95. The fourth-order valence-electron chi connectivity index (χ4n) is 2.33. The smallest absolute Gasteiger partial charge is 0.165 e. The molecule has 1 aromatic carbocycles. The monoisotopic (exact) mass is 289 g/mol. The number of tetrazole rings is 1. The predicted octanol–water partition coefficient (Wildman–Crippen LogP) is 2.28. The molecule has 0 aliphatic heterocycles. The van der Waals surface area contributed by atoms with E-state index in [1.54, 1.807) is 7.11 Å². The topological polar surface area (TPSA) is 56.1 Å². The minimum Gasteiger partial charge on any atom is -0.496 e. The molecule has 0 aliphatic rings. The molecule has 0 N–H and O–H groups in total. The molecule has 0 fully saturated rings. The van der Waals surface area contributed by atoms with Gasteiger partial charge < -0.3 is 4.74 Å². The maximum absolute atomic E-state index is 5.44. The molecule has 0 spiro atoms. The van der Waals surface area contributed by atoms with Crippen LogP contribution in [0.5, 0.6) is 5.75 Å². The molecule has 2 rings (SSSR count). The van der Waals surface area contributed by atoms with Crippen LogP contribution in [0.4, 0.5) is 0 Å². The molecule has 0 amide bonds. The van der Waals surface area contributed by atoms with Crippen molar-refractivity contribution < 1.29 is 4.74 Å². The third kappa shape index (κ3) is 3.58. The highest BCUT2D eigenvalue weighted by Crippen LogP contribution is 2.28. The van der Waals surface area contributed by atoms with Gasteiger partial charge in [0, 0.05) is 18.2 Å². The molecule has 114 valence electrons. The fraction of sp³-hybridized carbons (Fsp3) is 0.533. The van der Waals surface area contributed by atoms with Gasteiger partial charge in [-0.05, 0) is 36.9 Å². The van der Waals surface area contributed by atoms with Crippen molar-refractivity contribution in [2.45, 2.75) is 39.4 Å². The van der Waals surface area contributed by atoms with Crippen LogP contribution in [0.2, 0.25) is 0 Å². The van der Waals surface area contributed by atoms with E-state index in [0.717, 1.165) is 30.1 Å². The first-order chi connectivity index (χ1) is 10.2. The van der Waals surface area contributed by atoms with E-state index < -0.39 is 0 Å². The van der Waals surface area contributed by atoms with Crippen molar-refractivity contribution >= 4 is 0 Å². The summed E-state index contributed by atoms with van der Waals surface area (Å²) in [6, 6.07) is 8.31. The molecule has 0 aliphatic carbocycles. The normalized spacial score (nSPS) is 12.6. The molecule has 1 unspecified atom stereocenters. The summed E-state index contributed by atoms with van der Waals surface area (Å²) in [4.78, 5) is 2.22. The van der Waals surface area contributed by atoms with Crippen molar-refractivity contribution in [2.24, 2.45) is 0 Å². The van der Waals surface area contributed by atoms with Crippen LogP contribution in [0, 0.1) is 0 Å². The lowest BCUT2D eigenvalue weighted by molar-refractivity contribution is 0.236. The third-order valence-corrected chi connectivity index (χ3v) is 3.68. The van der Waals surface area contributed by atoms with Crippen molar-refractivity contribution in [1.29, 1.82) is 0 Å². The van der Waals surface area contributed by atoms with Gasteiger partial charge in [-0.25, -0.2) is 4.68 Å². The lowest BCUT2D eigenvalue weighted by Crippen LogP contribution is -2.24. The summed E-state index contributed by atoms with van der Waals surface area (Å²) in [5, 5.41) is 11.9. The number of aromatic nitrogens is 4. The zero-order valence-corrected chi connectivity index (χ0v) is 13.2. The molecule has 0 radical (unpaired) electrons. The maximum atomic E-state index is 5.44. The number of aryl methyl sites for hydroxylation is 1. The van der Waals surface area contributed by atoms with Crippen LogP contribution in [0.25, 0.3) is 0 Å². The van der Waals surface area contributed by atoms with Crippen molar-refractivity contribution in [3.63, 3.8) is 0 Å². The molecular weight excluding hydrogens is 266 g/mol. The minimum atomic E-state index is 0.216. The Balaban J connectivity index is 2.12. The zero-order chi connectivity index (χ0) is 15.2. The minimum absolute atomic E-state index is 0.216. The van der Waals surface area contributed by atoms with Crippen LogP contribution in [-0.2, 0) is 13.1 Å². The lowest BCUT2D eigenvalue weighted by Gasteiger charge is -2.25. The first-order valence-corrected chi connectivity index (χ1v) is 7.25. The first-order valence-electron chi connectivity index (χ1n) is 7.25. The number of hydrogen-bond acceptors (Lipinski definition) is 5. The molecule has 1 heterocycles. The number of nitrogens with zero attached hydrogens (tertiary/aromatic N) is 5. The highest BCUT2D eigenvalue weighted by Gasteiger charge is 2.18. The largest absolute Gasteiger partial charge is 0.496 e. The van der Waals surface area contributed by atoms with Crippen molar-refractivity contribution in [2.75, 3.05) is 14.2 Å². The second-order valence-electron chi connectivity index (χ2n) is 5.15. The van der Waals surface area contributed by atoms with Crippen LogP contribution in [0.1, 0.15) is 37.7 Å². The van der Waals surface area contributed by atoms with Crippen molar-refractivity contribution in [3.8, 4) is 5.75 Å². The van der Waals surface area contributed by atoms with E-state index in [0.29, 0.717) is 6.54 Å². The molecule has 2 aromatic rings. The maximum Gasteiger partial charge on any atom is 0.165 e. The van der Waals surface area contributed by atoms with Crippen molar-refractivity contribution in [1.82, 2.24) is 25.1 Å². The fourth-order valence-corrected chi connectivity index (χ4v) is 2.33. The molecule has 0 saturated heterocycles. The summed E-state index contributed by atoms with van der Waals surface area (Å²) in [7, 11) is 3.77.